The van der Waals surface area contributed by atoms with E-state index in [1.165, 1.54) is 33.4 Å². The van der Waals surface area contributed by atoms with Gasteiger partial charge in [-0.05, 0) is 120 Å². The summed E-state index contributed by atoms with van der Waals surface area (Å²) in [6.07, 6.45) is 16.8. The summed E-state index contributed by atoms with van der Waals surface area (Å²) in [6, 6.07) is 49.9. The van der Waals surface area contributed by atoms with Gasteiger partial charge in [0.25, 0.3) is 0 Å². The van der Waals surface area contributed by atoms with Crippen LogP contribution in [0.5, 0.6) is 11.5 Å². The van der Waals surface area contributed by atoms with Crippen molar-refractivity contribution in [3.05, 3.63) is 201 Å². The van der Waals surface area contributed by atoms with Gasteiger partial charge < -0.3 is 19.7 Å². The summed E-state index contributed by atoms with van der Waals surface area (Å²) in [5.41, 5.74) is 11.1. The third-order valence-electron chi connectivity index (χ3n) is 12.4. The molecular formula is C60H70O6. The summed E-state index contributed by atoms with van der Waals surface area (Å²) < 4.78 is 11.0. The number of hydrogen-bond acceptors (Lipinski definition) is 6. The minimum absolute atomic E-state index is 0.125. The Bertz CT molecular complexity index is 2030. The van der Waals surface area contributed by atoms with Gasteiger partial charge >= 0.3 is 11.9 Å². The zero-order chi connectivity index (χ0) is 46.0. The van der Waals surface area contributed by atoms with Gasteiger partial charge in [0.1, 0.15) is 11.5 Å². The molecule has 0 spiro atoms. The van der Waals surface area contributed by atoms with Gasteiger partial charge in [-0.2, -0.15) is 0 Å². The van der Waals surface area contributed by atoms with E-state index in [2.05, 4.69) is 72.8 Å². The minimum Gasteiger partial charge on any atom is -0.507 e. The van der Waals surface area contributed by atoms with E-state index >= 15 is 0 Å². The molecule has 0 saturated carbocycles. The number of phenols is 2. The van der Waals surface area contributed by atoms with Crippen molar-refractivity contribution in [2.45, 2.75) is 128 Å². The Kier molecular flexibility index (Phi) is 20.9. The van der Waals surface area contributed by atoms with Crippen LogP contribution < -0.4 is 0 Å². The molecule has 2 N–H and O–H groups in total. The van der Waals surface area contributed by atoms with Gasteiger partial charge in [0.2, 0.25) is 0 Å². The van der Waals surface area contributed by atoms with Gasteiger partial charge in [-0.25, -0.2) is 0 Å². The zero-order valence-corrected chi connectivity index (χ0v) is 38.9. The zero-order valence-electron chi connectivity index (χ0n) is 38.9. The number of unbranched alkanes of at least 4 members (excludes halogenated alkanes) is 9. The molecule has 6 aromatic rings. The van der Waals surface area contributed by atoms with Crippen LogP contribution in [0.1, 0.15) is 146 Å². The molecule has 6 rings (SSSR count). The molecule has 0 atom stereocenters. The molecule has 0 bridgehead atoms. The highest BCUT2D eigenvalue weighted by atomic mass is 16.5. The fourth-order valence-electron chi connectivity index (χ4n) is 8.73. The second-order valence-corrected chi connectivity index (χ2v) is 17.9. The van der Waals surface area contributed by atoms with Gasteiger partial charge in [-0.15, -0.1) is 0 Å². The topological polar surface area (TPSA) is 93.1 Å². The highest BCUT2D eigenvalue weighted by Crippen LogP contribution is 2.32. The second-order valence-electron chi connectivity index (χ2n) is 17.9. The molecule has 6 heteroatoms. The molecule has 0 aromatic heterocycles. The molecule has 0 heterocycles. The highest BCUT2D eigenvalue weighted by molar-refractivity contribution is 5.69. The number of ether oxygens (including phenoxy) is 2. The van der Waals surface area contributed by atoms with Crippen LogP contribution in [0.4, 0.5) is 0 Å². The monoisotopic (exact) mass is 887 g/mol. The average molecular weight is 887 g/mol. The normalized spacial score (nSPS) is 11.1. The number of carbonyl (C=O) groups excluding carboxylic acids is 2. The summed E-state index contributed by atoms with van der Waals surface area (Å²) in [4.78, 5) is 24.7. The van der Waals surface area contributed by atoms with E-state index in [1.807, 2.05) is 72.8 Å². The van der Waals surface area contributed by atoms with Crippen molar-refractivity contribution in [3.8, 4) is 11.5 Å². The Morgan fingerprint density at radius 3 is 0.909 bits per heavy atom. The van der Waals surface area contributed by atoms with E-state index in [1.54, 1.807) is 0 Å². The van der Waals surface area contributed by atoms with Gasteiger partial charge in [-0.3, -0.25) is 9.59 Å². The van der Waals surface area contributed by atoms with Gasteiger partial charge in [0.15, 0.2) is 0 Å². The summed E-state index contributed by atoms with van der Waals surface area (Å²) in [7, 11) is 0. The van der Waals surface area contributed by atoms with E-state index in [0.29, 0.717) is 63.2 Å². The Balaban J connectivity index is 0.774. The van der Waals surface area contributed by atoms with E-state index in [4.69, 9.17) is 9.47 Å². The van der Waals surface area contributed by atoms with Crippen LogP contribution in [0.25, 0.3) is 0 Å². The Labute approximate surface area is 394 Å². The lowest BCUT2D eigenvalue weighted by atomic mass is 9.93. The fourth-order valence-corrected chi connectivity index (χ4v) is 8.73. The molecule has 0 unspecified atom stereocenters. The van der Waals surface area contributed by atoms with Crippen molar-refractivity contribution in [2.75, 3.05) is 13.2 Å². The number of benzene rings is 6. The molecule has 0 saturated heterocycles. The first-order valence-corrected chi connectivity index (χ1v) is 24.5. The van der Waals surface area contributed by atoms with Crippen LogP contribution in [0.3, 0.4) is 0 Å². The Hall–Kier alpha value is -6.14. The molecule has 0 fully saturated rings. The third-order valence-corrected chi connectivity index (χ3v) is 12.4. The molecule has 0 aliphatic heterocycles. The Morgan fingerprint density at radius 2 is 0.606 bits per heavy atom. The third kappa shape index (κ3) is 17.7. The number of aromatic hydroxyl groups is 2. The van der Waals surface area contributed by atoms with Gasteiger partial charge in [0.05, 0.1) is 13.2 Å². The van der Waals surface area contributed by atoms with Crippen molar-refractivity contribution < 1.29 is 29.3 Å². The number of aryl methyl sites for hydroxylation is 2. The van der Waals surface area contributed by atoms with Gasteiger partial charge in [0, 0.05) is 38.5 Å². The summed E-state index contributed by atoms with van der Waals surface area (Å²) in [6.45, 7) is 0.874. The number of carbonyl (C=O) groups is 2. The lowest BCUT2D eigenvalue weighted by Crippen LogP contribution is -2.07. The lowest BCUT2D eigenvalue weighted by Gasteiger charge is -2.14. The van der Waals surface area contributed by atoms with Crippen molar-refractivity contribution in [3.63, 3.8) is 0 Å². The lowest BCUT2D eigenvalue weighted by molar-refractivity contribution is -0.145. The summed E-state index contributed by atoms with van der Waals surface area (Å²) >= 11 is 0. The average Bonchev–Trinajstić information content (AvgIpc) is 3.33. The van der Waals surface area contributed by atoms with Crippen LogP contribution in [0.2, 0.25) is 0 Å². The first-order valence-electron chi connectivity index (χ1n) is 24.5. The van der Waals surface area contributed by atoms with Crippen LogP contribution >= 0.6 is 0 Å². The number of esters is 2. The highest BCUT2D eigenvalue weighted by Gasteiger charge is 2.14. The maximum absolute atomic E-state index is 12.4. The SMILES string of the molecule is O=C(CCCCCCc1cc(Cc2ccccc2)c(O)c(Cc2ccccc2)c1)OCCCCCCOC(=O)CCCCCCc1cc(Cc2ccccc2)c(O)c(Cc2ccccc2)c1. The maximum Gasteiger partial charge on any atom is 0.305 e. The van der Waals surface area contributed by atoms with Crippen molar-refractivity contribution in [2.24, 2.45) is 0 Å². The molecule has 346 valence electrons. The largest absolute Gasteiger partial charge is 0.507 e. The first-order chi connectivity index (χ1) is 32.4. The summed E-state index contributed by atoms with van der Waals surface area (Å²) in [5, 5.41) is 22.5. The molecule has 0 amide bonds. The smallest absolute Gasteiger partial charge is 0.305 e. The molecule has 66 heavy (non-hydrogen) atoms. The van der Waals surface area contributed by atoms with Crippen LogP contribution in [-0.4, -0.2) is 35.4 Å². The predicted molar refractivity (Wildman–Crippen MR) is 267 cm³/mol. The van der Waals surface area contributed by atoms with Crippen molar-refractivity contribution in [1.29, 1.82) is 0 Å². The van der Waals surface area contributed by atoms with Crippen LogP contribution in [0.15, 0.2) is 146 Å². The number of hydrogen-bond donors (Lipinski definition) is 2. The van der Waals surface area contributed by atoms with Crippen molar-refractivity contribution in [1.82, 2.24) is 0 Å². The van der Waals surface area contributed by atoms with Gasteiger partial charge in [-0.1, -0.05) is 171 Å². The fraction of sp³-hybridized carbons (Fsp3) is 0.367. The molecule has 6 aromatic carbocycles. The standard InChI is InChI=1S/C60H70O6/c61-57(35-21-3-1-11-33-51-43-53(39-47-25-13-7-14-26-47)59(63)54(44-51)40-48-27-15-8-16-28-48)65-37-23-5-6-24-38-66-58(62)36-22-4-2-12-34-52-45-55(41-49-29-17-9-18-30-49)60(64)56(46-52)42-50-31-19-10-20-32-50/h7-10,13-20,25-32,43-46,63-64H,1-6,11-12,21-24,33-42H2. The molecule has 0 radical (unpaired) electrons. The Morgan fingerprint density at radius 1 is 0.333 bits per heavy atom. The predicted octanol–water partition coefficient (Wildman–Crippen LogP) is 13.8. The van der Waals surface area contributed by atoms with E-state index < -0.39 is 0 Å². The van der Waals surface area contributed by atoms with Crippen LogP contribution in [-0.2, 0) is 57.6 Å². The quantitative estimate of drug-likeness (QED) is 0.0360. The van der Waals surface area contributed by atoms with E-state index in [9.17, 15) is 19.8 Å². The van der Waals surface area contributed by atoms with Crippen LogP contribution in [0, 0.1) is 0 Å². The minimum atomic E-state index is -0.125. The summed E-state index contributed by atoms with van der Waals surface area (Å²) in [5.74, 6) is 0.539. The molecule has 0 aliphatic carbocycles. The first kappa shape index (κ1) is 49.3. The van der Waals surface area contributed by atoms with E-state index in [-0.39, 0.29) is 11.9 Å². The molecular weight excluding hydrogens is 817 g/mol. The van der Waals surface area contributed by atoms with E-state index in [0.717, 1.165) is 112 Å². The van der Waals surface area contributed by atoms with Crippen molar-refractivity contribution >= 4 is 11.9 Å². The maximum atomic E-state index is 12.4. The molecule has 6 nitrogen and oxygen atoms in total. The number of phenolic OH excluding ortho intramolecular Hbond substituents is 2. The molecule has 0 aliphatic rings. The second kappa shape index (κ2) is 28.0. The number of rotatable bonds is 29.